The lowest BCUT2D eigenvalue weighted by Gasteiger charge is -2.21. The van der Waals surface area contributed by atoms with Crippen LogP contribution < -0.4 is 10.2 Å². The number of ether oxygens (including phenoxy) is 1. The van der Waals surface area contributed by atoms with Crippen molar-refractivity contribution in [3.8, 4) is 0 Å². The molecule has 20 heavy (non-hydrogen) atoms. The predicted octanol–water partition coefficient (Wildman–Crippen LogP) is 1.02. The molecule has 2 heterocycles. The van der Waals surface area contributed by atoms with Gasteiger partial charge in [-0.1, -0.05) is 6.07 Å². The average molecular weight is 279 g/mol. The van der Waals surface area contributed by atoms with E-state index in [0.29, 0.717) is 12.5 Å². The van der Waals surface area contributed by atoms with Crippen molar-refractivity contribution in [2.75, 3.05) is 38.3 Å². The highest BCUT2D eigenvalue weighted by atomic mass is 16.5. The van der Waals surface area contributed by atoms with Gasteiger partial charge in [0.05, 0.1) is 12.7 Å². The second-order valence-electron chi connectivity index (χ2n) is 5.39. The van der Waals surface area contributed by atoms with Crippen molar-refractivity contribution < 1.29 is 9.84 Å². The molecule has 0 amide bonds. The van der Waals surface area contributed by atoms with E-state index in [1.165, 1.54) is 5.56 Å². The molecule has 5 heteroatoms. The summed E-state index contributed by atoms with van der Waals surface area (Å²) in [6, 6.07) is 4.08. The van der Waals surface area contributed by atoms with Crippen LogP contribution in [-0.4, -0.2) is 49.5 Å². The van der Waals surface area contributed by atoms with Gasteiger partial charge < -0.3 is 20.1 Å². The van der Waals surface area contributed by atoms with Crippen LogP contribution in [0.2, 0.25) is 0 Å². The van der Waals surface area contributed by atoms with Gasteiger partial charge in [0, 0.05) is 51.0 Å². The summed E-state index contributed by atoms with van der Waals surface area (Å²) in [5, 5.41) is 13.1. The van der Waals surface area contributed by atoms with Crippen molar-refractivity contribution in [2.45, 2.75) is 26.0 Å². The molecular formula is C15H25N3O2. The molecule has 2 rings (SSSR count). The monoisotopic (exact) mass is 279 g/mol. The Morgan fingerprint density at radius 1 is 1.60 bits per heavy atom. The number of hydrogen-bond donors (Lipinski definition) is 2. The molecule has 5 nitrogen and oxygen atoms in total. The zero-order valence-electron chi connectivity index (χ0n) is 12.4. The number of rotatable bonds is 7. The molecule has 112 valence electrons. The summed E-state index contributed by atoms with van der Waals surface area (Å²) < 4.78 is 5.03. The number of hydrogen-bond acceptors (Lipinski definition) is 5. The molecule has 0 bridgehead atoms. The maximum Gasteiger partial charge on any atom is 0.133 e. The van der Waals surface area contributed by atoms with Crippen LogP contribution >= 0.6 is 0 Å². The number of methoxy groups -OCH3 is 1. The Labute approximate surface area is 121 Å². The van der Waals surface area contributed by atoms with Crippen LogP contribution in [0.15, 0.2) is 18.3 Å². The Morgan fingerprint density at radius 3 is 3.15 bits per heavy atom. The number of aliphatic hydroxyl groups excluding tert-OH is 1. The highest BCUT2D eigenvalue weighted by Gasteiger charge is 2.27. The fourth-order valence-corrected chi connectivity index (χ4v) is 2.62. The van der Waals surface area contributed by atoms with E-state index in [1.54, 1.807) is 7.11 Å². The fraction of sp³-hybridized carbons (Fsp3) is 0.667. The van der Waals surface area contributed by atoms with Crippen molar-refractivity contribution in [1.82, 2.24) is 10.3 Å². The van der Waals surface area contributed by atoms with Crippen LogP contribution in [0.3, 0.4) is 0 Å². The smallest absolute Gasteiger partial charge is 0.133 e. The standard InChI is InChI=1S/C15H25N3O2/c1-12(19)14-5-8-18(11-14)15-13(4-3-6-17-15)10-16-7-9-20-2/h3-4,6,12,14,16,19H,5,7-11H2,1-2H3. The van der Waals surface area contributed by atoms with Crippen molar-refractivity contribution in [2.24, 2.45) is 5.92 Å². The van der Waals surface area contributed by atoms with E-state index >= 15 is 0 Å². The normalized spacial score (nSPS) is 20.4. The van der Waals surface area contributed by atoms with E-state index in [2.05, 4.69) is 21.3 Å². The van der Waals surface area contributed by atoms with Gasteiger partial charge >= 0.3 is 0 Å². The topological polar surface area (TPSA) is 57.6 Å². The summed E-state index contributed by atoms with van der Waals surface area (Å²) in [6.45, 7) is 6.07. The highest BCUT2D eigenvalue weighted by molar-refractivity contribution is 5.47. The molecule has 1 aliphatic heterocycles. The minimum Gasteiger partial charge on any atom is -0.393 e. The fourth-order valence-electron chi connectivity index (χ4n) is 2.62. The Hall–Kier alpha value is -1.17. The van der Waals surface area contributed by atoms with Crippen LogP contribution in [0, 0.1) is 5.92 Å². The lowest BCUT2D eigenvalue weighted by molar-refractivity contribution is 0.136. The summed E-state index contributed by atoms with van der Waals surface area (Å²) in [5.74, 6) is 1.40. The van der Waals surface area contributed by atoms with Gasteiger partial charge in [0.25, 0.3) is 0 Å². The third-order valence-electron chi connectivity index (χ3n) is 3.87. The molecule has 1 fully saturated rings. The van der Waals surface area contributed by atoms with Gasteiger partial charge in [-0.05, 0) is 19.4 Å². The minimum atomic E-state index is -0.244. The largest absolute Gasteiger partial charge is 0.393 e. The molecule has 1 saturated heterocycles. The quantitative estimate of drug-likeness (QED) is 0.730. The van der Waals surface area contributed by atoms with E-state index in [-0.39, 0.29) is 6.10 Å². The number of nitrogens with one attached hydrogen (secondary N) is 1. The van der Waals surface area contributed by atoms with Gasteiger partial charge in [-0.25, -0.2) is 4.98 Å². The molecule has 1 aliphatic rings. The summed E-state index contributed by atoms with van der Waals surface area (Å²) in [4.78, 5) is 6.81. The second-order valence-corrected chi connectivity index (χ2v) is 5.39. The van der Waals surface area contributed by atoms with Crippen LogP contribution in [0.1, 0.15) is 18.9 Å². The molecule has 0 aliphatic carbocycles. The molecule has 0 spiro atoms. The van der Waals surface area contributed by atoms with E-state index in [4.69, 9.17) is 4.74 Å². The number of aliphatic hydroxyl groups is 1. The first kappa shape index (κ1) is 15.2. The Bertz CT molecular complexity index is 412. The molecule has 0 radical (unpaired) electrons. The van der Waals surface area contributed by atoms with Gasteiger partial charge in [0.1, 0.15) is 5.82 Å². The van der Waals surface area contributed by atoms with Crippen LogP contribution in [0.25, 0.3) is 0 Å². The lowest BCUT2D eigenvalue weighted by atomic mass is 10.0. The van der Waals surface area contributed by atoms with Crippen molar-refractivity contribution in [3.63, 3.8) is 0 Å². The molecule has 0 saturated carbocycles. The first-order valence-electron chi connectivity index (χ1n) is 7.29. The van der Waals surface area contributed by atoms with Crippen molar-refractivity contribution >= 4 is 5.82 Å². The first-order chi connectivity index (χ1) is 9.72. The zero-order chi connectivity index (χ0) is 14.4. The second kappa shape index (κ2) is 7.57. The maximum atomic E-state index is 9.71. The third kappa shape index (κ3) is 3.91. The SMILES string of the molecule is COCCNCc1cccnc1N1CCC(C(C)O)C1. The van der Waals surface area contributed by atoms with Gasteiger partial charge in [-0.15, -0.1) is 0 Å². The summed E-state index contributed by atoms with van der Waals surface area (Å²) in [7, 11) is 1.71. The summed E-state index contributed by atoms with van der Waals surface area (Å²) in [5.41, 5.74) is 1.20. The molecule has 1 aromatic heterocycles. The number of pyridine rings is 1. The molecule has 2 unspecified atom stereocenters. The third-order valence-corrected chi connectivity index (χ3v) is 3.87. The first-order valence-corrected chi connectivity index (χ1v) is 7.29. The predicted molar refractivity (Wildman–Crippen MR) is 79.8 cm³/mol. The molecule has 2 N–H and O–H groups in total. The number of aromatic nitrogens is 1. The summed E-state index contributed by atoms with van der Waals surface area (Å²) >= 11 is 0. The average Bonchev–Trinajstić information content (AvgIpc) is 2.94. The van der Waals surface area contributed by atoms with E-state index in [9.17, 15) is 5.11 Å². The van der Waals surface area contributed by atoms with E-state index < -0.39 is 0 Å². The van der Waals surface area contributed by atoms with Crippen LogP contribution in [-0.2, 0) is 11.3 Å². The Kier molecular flexibility index (Phi) is 5.76. The van der Waals surface area contributed by atoms with E-state index in [0.717, 1.165) is 38.4 Å². The van der Waals surface area contributed by atoms with Gasteiger partial charge in [-0.2, -0.15) is 0 Å². The number of nitrogens with zero attached hydrogens (tertiary/aromatic N) is 2. The molecule has 0 aromatic carbocycles. The van der Waals surface area contributed by atoms with Crippen LogP contribution in [0.5, 0.6) is 0 Å². The van der Waals surface area contributed by atoms with E-state index in [1.807, 2.05) is 19.2 Å². The molecular weight excluding hydrogens is 254 g/mol. The highest BCUT2D eigenvalue weighted by Crippen LogP contribution is 2.26. The van der Waals surface area contributed by atoms with Crippen molar-refractivity contribution in [3.05, 3.63) is 23.9 Å². The lowest BCUT2D eigenvalue weighted by Crippen LogP contribution is -2.27. The zero-order valence-corrected chi connectivity index (χ0v) is 12.4. The van der Waals surface area contributed by atoms with Crippen LogP contribution in [0.4, 0.5) is 5.82 Å². The van der Waals surface area contributed by atoms with Crippen molar-refractivity contribution in [1.29, 1.82) is 0 Å². The summed E-state index contributed by atoms with van der Waals surface area (Å²) in [6.07, 6.45) is 2.63. The Balaban J connectivity index is 1.97. The maximum absolute atomic E-state index is 9.71. The van der Waals surface area contributed by atoms with Gasteiger partial charge in [-0.3, -0.25) is 0 Å². The number of anilines is 1. The molecule has 2 atom stereocenters. The minimum absolute atomic E-state index is 0.244. The van der Waals surface area contributed by atoms with Gasteiger partial charge in [0.2, 0.25) is 0 Å². The molecule has 1 aromatic rings. The van der Waals surface area contributed by atoms with Gasteiger partial charge in [0.15, 0.2) is 0 Å². The Morgan fingerprint density at radius 2 is 2.45 bits per heavy atom.